The van der Waals surface area contributed by atoms with Gasteiger partial charge in [-0.05, 0) is 44.5 Å². The topological polar surface area (TPSA) is 58.6 Å². The van der Waals surface area contributed by atoms with Crippen molar-refractivity contribution in [1.29, 1.82) is 0 Å². The van der Waals surface area contributed by atoms with E-state index in [2.05, 4.69) is 9.62 Å². The molecule has 1 aliphatic rings. The van der Waals surface area contributed by atoms with Crippen molar-refractivity contribution in [3.05, 3.63) is 29.8 Å². The number of rotatable bonds is 6. The van der Waals surface area contributed by atoms with E-state index in [9.17, 15) is 8.42 Å². The number of nitrogens with one attached hydrogen (secondary N) is 1. The minimum Gasteiger partial charge on any atom is -0.492 e. The normalized spacial score (nSPS) is 17.8. The van der Waals surface area contributed by atoms with Gasteiger partial charge in [-0.1, -0.05) is 18.2 Å². The SMILES string of the molecule is Cc1ccccc1OCCN1CCC(NS(C)(=O)=O)CC1. The Morgan fingerprint density at radius 1 is 1.29 bits per heavy atom. The fourth-order valence-electron chi connectivity index (χ4n) is 2.58. The van der Waals surface area contributed by atoms with Crippen LogP contribution < -0.4 is 9.46 Å². The molecular weight excluding hydrogens is 288 g/mol. The first-order valence-electron chi connectivity index (χ1n) is 7.32. The van der Waals surface area contributed by atoms with Gasteiger partial charge in [-0.25, -0.2) is 13.1 Å². The Kier molecular flexibility index (Phi) is 5.61. The largest absolute Gasteiger partial charge is 0.492 e. The van der Waals surface area contributed by atoms with E-state index < -0.39 is 10.0 Å². The second-order valence-corrected chi connectivity index (χ2v) is 7.40. The van der Waals surface area contributed by atoms with Gasteiger partial charge < -0.3 is 4.74 Å². The smallest absolute Gasteiger partial charge is 0.208 e. The summed E-state index contributed by atoms with van der Waals surface area (Å²) in [6, 6.07) is 8.08. The average molecular weight is 312 g/mol. The molecule has 0 bridgehead atoms. The summed E-state index contributed by atoms with van der Waals surface area (Å²) in [5.74, 6) is 0.936. The third kappa shape index (κ3) is 5.65. The summed E-state index contributed by atoms with van der Waals surface area (Å²) >= 11 is 0. The highest BCUT2D eigenvalue weighted by Crippen LogP contribution is 2.16. The van der Waals surface area contributed by atoms with Crippen molar-refractivity contribution >= 4 is 10.0 Å². The van der Waals surface area contributed by atoms with Crippen molar-refractivity contribution < 1.29 is 13.2 Å². The van der Waals surface area contributed by atoms with Gasteiger partial charge in [-0.15, -0.1) is 0 Å². The van der Waals surface area contributed by atoms with Crippen LogP contribution >= 0.6 is 0 Å². The molecule has 0 unspecified atom stereocenters. The first-order valence-corrected chi connectivity index (χ1v) is 9.21. The molecule has 1 saturated heterocycles. The van der Waals surface area contributed by atoms with Gasteiger partial charge in [0.05, 0.1) is 6.26 Å². The number of ether oxygens (including phenoxy) is 1. The molecular formula is C15H24N2O3S. The van der Waals surface area contributed by atoms with Crippen LogP contribution in [0.25, 0.3) is 0 Å². The number of likely N-dealkylation sites (tertiary alicyclic amines) is 1. The lowest BCUT2D eigenvalue weighted by molar-refractivity contribution is 0.170. The van der Waals surface area contributed by atoms with Crippen molar-refractivity contribution in [2.45, 2.75) is 25.8 Å². The molecule has 2 rings (SSSR count). The fourth-order valence-corrected chi connectivity index (χ4v) is 3.42. The predicted molar refractivity (Wildman–Crippen MR) is 84.1 cm³/mol. The van der Waals surface area contributed by atoms with Gasteiger partial charge in [0.25, 0.3) is 0 Å². The summed E-state index contributed by atoms with van der Waals surface area (Å²) in [6.45, 7) is 5.39. The van der Waals surface area contributed by atoms with Crippen molar-refractivity contribution in [1.82, 2.24) is 9.62 Å². The van der Waals surface area contributed by atoms with Crippen LogP contribution in [0.1, 0.15) is 18.4 Å². The zero-order valence-corrected chi connectivity index (χ0v) is 13.5. The van der Waals surface area contributed by atoms with Crippen LogP contribution in [0.2, 0.25) is 0 Å². The average Bonchev–Trinajstić information content (AvgIpc) is 2.41. The molecule has 1 N–H and O–H groups in total. The van der Waals surface area contributed by atoms with E-state index in [0.29, 0.717) is 6.61 Å². The Labute approximate surface area is 127 Å². The van der Waals surface area contributed by atoms with Gasteiger partial charge in [-0.3, -0.25) is 4.90 Å². The highest BCUT2D eigenvalue weighted by Gasteiger charge is 2.21. The van der Waals surface area contributed by atoms with Crippen LogP contribution in [0.3, 0.4) is 0 Å². The number of para-hydroxylation sites is 1. The Morgan fingerprint density at radius 3 is 2.57 bits per heavy atom. The molecule has 1 aromatic rings. The van der Waals surface area contributed by atoms with Crippen molar-refractivity contribution in [2.24, 2.45) is 0 Å². The minimum absolute atomic E-state index is 0.0773. The van der Waals surface area contributed by atoms with Gasteiger partial charge in [0, 0.05) is 12.6 Å². The van der Waals surface area contributed by atoms with Gasteiger partial charge in [-0.2, -0.15) is 0 Å². The highest BCUT2D eigenvalue weighted by atomic mass is 32.2. The molecule has 0 spiro atoms. The molecule has 0 atom stereocenters. The van der Waals surface area contributed by atoms with Crippen LogP contribution in [0.5, 0.6) is 5.75 Å². The predicted octanol–water partition coefficient (Wildman–Crippen LogP) is 1.39. The summed E-state index contributed by atoms with van der Waals surface area (Å²) < 4.78 is 30.9. The molecule has 0 amide bonds. The summed E-state index contributed by atoms with van der Waals surface area (Å²) in [7, 11) is -3.09. The van der Waals surface area contributed by atoms with Gasteiger partial charge in [0.1, 0.15) is 12.4 Å². The van der Waals surface area contributed by atoms with Crippen molar-refractivity contribution in [3.63, 3.8) is 0 Å². The van der Waals surface area contributed by atoms with Crippen LogP contribution in [0.15, 0.2) is 24.3 Å². The molecule has 6 heteroatoms. The summed E-state index contributed by atoms with van der Waals surface area (Å²) in [5.41, 5.74) is 1.15. The monoisotopic (exact) mass is 312 g/mol. The number of aryl methyl sites for hydroxylation is 1. The molecule has 0 radical (unpaired) electrons. The number of hydrogen-bond donors (Lipinski definition) is 1. The number of hydrogen-bond acceptors (Lipinski definition) is 4. The molecule has 21 heavy (non-hydrogen) atoms. The first-order chi connectivity index (χ1) is 9.94. The number of benzene rings is 1. The zero-order valence-electron chi connectivity index (χ0n) is 12.7. The summed E-state index contributed by atoms with van der Waals surface area (Å²) in [5, 5.41) is 0. The highest BCUT2D eigenvalue weighted by molar-refractivity contribution is 7.88. The number of piperidine rings is 1. The summed E-state index contributed by atoms with van der Waals surface area (Å²) in [4.78, 5) is 2.32. The Bertz CT molecular complexity index is 552. The second-order valence-electron chi connectivity index (χ2n) is 5.62. The summed E-state index contributed by atoms with van der Waals surface area (Å²) in [6.07, 6.45) is 2.93. The van der Waals surface area contributed by atoms with Gasteiger partial charge in [0.2, 0.25) is 10.0 Å². The lowest BCUT2D eigenvalue weighted by Crippen LogP contribution is -2.45. The molecule has 0 aliphatic carbocycles. The second kappa shape index (κ2) is 7.24. The molecule has 0 saturated carbocycles. The molecule has 1 aliphatic heterocycles. The maximum absolute atomic E-state index is 11.2. The van der Waals surface area contributed by atoms with Crippen LogP contribution in [0.4, 0.5) is 0 Å². The van der Waals surface area contributed by atoms with Crippen LogP contribution in [-0.4, -0.2) is 51.9 Å². The van der Waals surface area contributed by atoms with Crippen molar-refractivity contribution in [3.8, 4) is 5.75 Å². The van der Waals surface area contributed by atoms with Crippen LogP contribution in [-0.2, 0) is 10.0 Å². The molecule has 1 fully saturated rings. The lowest BCUT2D eigenvalue weighted by Gasteiger charge is -2.31. The first kappa shape index (κ1) is 16.3. The molecule has 1 aromatic carbocycles. The van der Waals surface area contributed by atoms with E-state index in [1.54, 1.807) is 0 Å². The number of sulfonamides is 1. The van der Waals surface area contributed by atoms with E-state index in [1.165, 1.54) is 6.26 Å². The van der Waals surface area contributed by atoms with E-state index >= 15 is 0 Å². The van der Waals surface area contributed by atoms with E-state index in [4.69, 9.17) is 4.74 Å². The maximum Gasteiger partial charge on any atom is 0.208 e. The molecule has 1 heterocycles. The third-order valence-electron chi connectivity index (χ3n) is 3.73. The Balaban J connectivity index is 1.69. The lowest BCUT2D eigenvalue weighted by atomic mass is 10.1. The van der Waals surface area contributed by atoms with E-state index in [-0.39, 0.29) is 6.04 Å². The van der Waals surface area contributed by atoms with Crippen molar-refractivity contribution in [2.75, 3.05) is 32.5 Å². The van der Waals surface area contributed by atoms with Crippen LogP contribution in [0, 0.1) is 6.92 Å². The van der Waals surface area contributed by atoms with Gasteiger partial charge >= 0.3 is 0 Å². The van der Waals surface area contributed by atoms with E-state index in [1.807, 2.05) is 31.2 Å². The van der Waals surface area contributed by atoms with E-state index in [0.717, 1.165) is 43.8 Å². The number of nitrogens with zero attached hydrogens (tertiary/aromatic N) is 1. The zero-order chi connectivity index (χ0) is 15.3. The fraction of sp³-hybridized carbons (Fsp3) is 0.600. The Hall–Kier alpha value is -1.11. The minimum atomic E-state index is -3.09. The molecule has 118 valence electrons. The third-order valence-corrected chi connectivity index (χ3v) is 4.49. The quantitative estimate of drug-likeness (QED) is 0.862. The maximum atomic E-state index is 11.2. The molecule has 0 aromatic heterocycles. The molecule has 5 nitrogen and oxygen atoms in total. The Morgan fingerprint density at radius 2 is 1.95 bits per heavy atom. The van der Waals surface area contributed by atoms with Gasteiger partial charge in [0.15, 0.2) is 0 Å². The standard InChI is InChI=1S/C15H24N2O3S/c1-13-5-3-4-6-15(13)20-12-11-17-9-7-14(8-10-17)16-21(2,18)19/h3-6,14,16H,7-12H2,1-2H3.